The van der Waals surface area contributed by atoms with Crippen molar-refractivity contribution in [3.8, 4) is 0 Å². The number of hydrogen-bond acceptors (Lipinski definition) is 8. The Hall–Kier alpha value is -2.86. The third kappa shape index (κ3) is 8.07. The first-order valence-corrected chi connectivity index (χ1v) is 13.2. The van der Waals surface area contributed by atoms with Crippen molar-refractivity contribution >= 4 is 17.5 Å². The van der Waals surface area contributed by atoms with Crippen LogP contribution in [0.2, 0.25) is 0 Å². The van der Waals surface area contributed by atoms with Gasteiger partial charge in [-0.05, 0) is 42.5 Å². The average Bonchev–Trinajstić information content (AvgIpc) is 3.35. The number of anilines is 1. The maximum atomic E-state index is 12.2. The Morgan fingerprint density at radius 2 is 1.63 bits per heavy atom. The van der Waals surface area contributed by atoms with Crippen LogP contribution in [0.3, 0.4) is 0 Å². The molecule has 2 aromatic rings. The second-order valence-electron chi connectivity index (χ2n) is 9.96. The summed E-state index contributed by atoms with van der Waals surface area (Å²) in [5.41, 5.74) is 4.93. The number of aliphatic hydroxyl groups is 2. The summed E-state index contributed by atoms with van der Waals surface area (Å²) in [6.07, 6.45) is 1.78. The minimum absolute atomic E-state index is 0.0127. The SMILES string of the molecule is O=C(CCCCC(=O)Nc1ccc([C@H]2O[C@@H](CN3CC[C@H](O)C3)C[C@@H](c3ccc(CO)cc3)O2)cc1)NO. The Labute approximate surface area is 222 Å². The predicted molar refractivity (Wildman–Crippen MR) is 139 cm³/mol. The van der Waals surface area contributed by atoms with Gasteiger partial charge in [0.05, 0.1) is 24.9 Å². The second kappa shape index (κ2) is 13.8. The van der Waals surface area contributed by atoms with Crippen LogP contribution >= 0.6 is 0 Å². The third-order valence-electron chi connectivity index (χ3n) is 6.97. The van der Waals surface area contributed by atoms with E-state index in [0.29, 0.717) is 38.0 Å². The van der Waals surface area contributed by atoms with Crippen molar-refractivity contribution in [2.75, 3.05) is 25.0 Å². The molecule has 0 aromatic heterocycles. The molecule has 0 unspecified atom stereocenters. The summed E-state index contributed by atoms with van der Waals surface area (Å²) in [6, 6.07) is 15.1. The topological polar surface area (TPSA) is 141 Å². The van der Waals surface area contributed by atoms with Crippen molar-refractivity contribution in [1.82, 2.24) is 10.4 Å². The van der Waals surface area contributed by atoms with Crippen molar-refractivity contribution < 1.29 is 34.5 Å². The van der Waals surface area contributed by atoms with Gasteiger partial charge >= 0.3 is 0 Å². The van der Waals surface area contributed by atoms with Gasteiger partial charge in [0.15, 0.2) is 6.29 Å². The number of hydroxylamine groups is 1. The van der Waals surface area contributed by atoms with E-state index in [0.717, 1.165) is 29.7 Å². The number of carbonyl (C=O) groups excluding carboxylic acids is 2. The number of amides is 2. The number of ether oxygens (including phenoxy) is 2. The summed E-state index contributed by atoms with van der Waals surface area (Å²) in [5.74, 6) is -0.607. The largest absolute Gasteiger partial charge is 0.392 e. The molecule has 10 nitrogen and oxygen atoms in total. The average molecular weight is 528 g/mol. The first-order chi connectivity index (χ1) is 18.4. The maximum Gasteiger partial charge on any atom is 0.243 e. The highest BCUT2D eigenvalue weighted by Gasteiger charge is 2.34. The number of likely N-dealkylation sites (tertiary alicyclic amines) is 1. The molecule has 2 aliphatic rings. The Kier molecular flexibility index (Phi) is 10.2. The van der Waals surface area contributed by atoms with Gasteiger partial charge in [-0.3, -0.25) is 19.7 Å². The van der Waals surface area contributed by atoms with E-state index in [2.05, 4.69) is 10.2 Å². The van der Waals surface area contributed by atoms with Gasteiger partial charge in [0.25, 0.3) is 0 Å². The molecule has 4 atom stereocenters. The highest BCUT2D eigenvalue weighted by molar-refractivity contribution is 5.90. The molecule has 0 radical (unpaired) electrons. The lowest BCUT2D eigenvalue weighted by Crippen LogP contribution is -2.38. The van der Waals surface area contributed by atoms with E-state index < -0.39 is 12.2 Å². The molecule has 2 amide bonds. The molecule has 0 spiro atoms. The van der Waals surface area contributed by atoms with Gasteiger partial charge in [-0.1, -0.05) is 36.4 Å². The standard InChI is InChI=1S/C28H37N3O7/c32-18-19-5-7-20(8-6-19)25-15-24(17-31-14-13-23(33)16-31)37-28(38-25)21-9-11-22(12-10-21)29-26(34)3-1-2-4-27(35)30-36/h5-12,23-25,28,32-33,36H,1-4,13-18H2,(H,29,34)(H,30,35)/t23-,24+,25-,28-/m0/s1. The molecule has 0 aliphatic carbocycles. The van der Waals surface area contributed by atoms with E-state index in [9.17, 15) is 19.8 Å². The lowest BCUT2D eigenvalue weighted by Gasteiger charge is -2.37. The van der Waals surface area contributed by atoms with E-state index in [-0.39, 0.29) is 43.7 Å². The fourth-order valence-electron chi connectivity index (χ4n) is 4.87. The second-order valence-corrected chi connectivity index (χ2v) is 9.96. The number of aliphatic hydroxyl groups excluding tert-OH is 2. The van der Waals surface area contributed by atoms with Crippen LogP contribution in [0, 0.1) is 0 Å². The van der Waals surface area contributed by atoms with Gasteiger partial charge < -0.3 is 25.0 Å². The molecule has 2 saturated heterocycles. The molecule has 10 heteroatoms. The summed E-state index contributed by atoms with van der Waals surface area (Å²) in [7, 11) is 0. The molecule has 38 heavy (non-hydrogen) atoms. The molecule has 2 aromatic carbocycles. The molecule has 5 N–H and O–H groups in total. The van der Waals surface area contributed by atoms with Crippen molar-refractivity contribution in [1.29, 1.82) is 0 Å². The van der Waals surface area contributed by atoms with Crippen LogP contribution in [0.1, 0.15) is 67.6 Å². The first-order valence-electron chi connectivity index (χ1n) is 13.2. The summed E-state index contributed by atoms with van der Waals surface area (Å²) in [6.45, 7) is 2.17. The van der Waals surface area contributed by atoms with Crippen LogP contribution < -0.4 is 10.8 Å². The quantitative estimate of drug-likeness (QED) is 0.171. The normalized spacial score (nSPS) is 23.8. The molecular weight excluding hydrogens is 490 g/mol. The molecule has 206 valence electrons. The summed E-state index contributed by atoms with van der Waals surface area (Å²) in [4.78, 5) is 25.5. The molecule has 0 saturated carbocycles. The maximum absolute atomic E-state index is 12.2. The van der Waals surface area contributed by atoms with Crippen molar-refractivity contribution in [3.05, 3.63) is 65.2 Å². The van der Waals surface area contributed by atoms with Gasteiger partial charge in [-0.15, -0.1) is 0 Å². The highest BCUT2D eigenvalue weighted by atomic mass is 16.7. The first kappa shape index (κ1) is 28.2. The van der Waals surface area contributed by atoms with Crippen molar-refractivity contribution in [2.24, 2.45) is 0 Å². The number of carbonyl (C=O) groups is 2. The highest BCUT2D eigenvalue weighted by Crippen LogP contribution is 2.38. The zero-order valence-corrected chi connectivity index (χ0v) is 21.4. The minimum atomic E-state index is -0.591. The number of hydrogen-bond donors (Lipinski definition) is 5. The molecule has 2 aliphatic heterocycles. The third-order valence-corrected chi connectivity index (χ3v) is 6.97. The lowest BCUT2D eigenvalue weighted by molar-refractivity contribution is -0.252. The number of nitrogens with one attached hydrogen (secondary N) is 2. The molecular formula is C28H37N3O7. The van der Waals surface area contributed by atoms with E-state index in [1.54, 1.807) is 5.48 Å². The van der Waals surface area contributed by atoms with Gasteiger partial charge in [-0.2, -0.15) is 0 Å². The zero-order chi connectivity index (χ0) is 26.9. The Morgan fingerprint density at radius 3 is 2.26 bits per heavy atom. The van der Waals surface area contributed by atoms with Gasteiger partial charge in [0.2, 0.25) is 11.8 Å². The predicted octanol–water partition coefficient (Wildman–Crippen LogP) is 2.80. The molecule has 2 fully saturated rings. The van der Waals surface area contributed by atoms with E-state index in [4.69, 9.17) is 14.7 Å². The monoisotopic (exact) mass is 527 g/mol. The van der Waals surface area contributed by atoms with Crippen LogP contribution in [0.5, 0.6) is 0 Å². The minimum Gasteiger partial charge on any atom is -0.392 e. The van der Waals surface area contributed by atoms with Crippen LogP contribution in [-0.2, 0) is 25.7 Å². The van der Waals surface area contributed by atoms with Gasteiger partial charge in [0.1, 0.15) is 0 Å². The number of nitrogens with zero attached hydrogens (tertiary/aromatic N) is 1. The van der Waals surface area contributed by atoms with Crippen LogP contribution in [0.4, 0.5) is 5.69 Å². The summed E-state index contributed by atoms with van der Waals surface area (Å²) in [5, 5.41) is 30.7. The smallest absolute Gasteiger partial charge is 0.243 e. The Bertz CT molecular complexity index is 1050. The fourth-order valence-corrected chi connectivity index (χ4v) is 4.87. The van der Waals surface area contributed by atoms with E-state index in [1.165, 1.54) is 0 Å². The van der Waals surface area contributed by atoms with Gasteiger partial charge in [0, 0.05) is 50.1 Å². The zero-order valence-electron chi connectivity index (χ0n) is 21.4. The fraction of sp³-hybridized carbons (Fsp3) is 0.500. The van der Waals surface area contributed by atoms with E-state index in [1.807, 2.05) is 48.5 Å². The molecule has 2 heterocycles. The Balaban J connectivity index is 1.38. The van der Waals surface area contributed by atoms with Crippen LogP contribution in [0.25, 0.3) is 0 Å². The van der Waals surface area contributed by atoms with Crippen molar-refractivity contribution in [3.63, 3.8) is 0 Å². The summed E-state index contributed by atoms with van der Waals surface area (Å²) >= 11 is 0. The molecule has 0 bridgehead atoms. The number of β-amino-alcohol motifs (C(OH)–C–C–N with tert-alkyl or cyclic N) is 1. The van der Waals surface area contributed by atoms with E-state index >= 15 is 0 Å². The van der Waals surface area contributed by atoms with Crippen LogP contribution in [0.15, 0.2) is 48.5 Å². The van der Waals surface area contributed by atoms with Crippen LogP contribution in [-0.4, -0.2) is 64.0 Å². The number of unbranched alkanes of at least 4 members (excludes halogenated alkanes) is 1. The number of benzene rings is 2. The van der Waals surface area contributed by atoms with Crippen molar-refractivity contribution in [2.45, 2.75) is 69.7 Å². The lowest BCUT2D eigenvalue weighted by atomic mass is 9.99. The Morgan fingerprint density at radius 1 is 0.947 bits per heavy atom. The van der Waals surface area contributed by atoms with Gasteiger partial charge in [-0.25, -0.2) is 5.48 Å². The molecule has 4 rings (SSSR count). The summed E-state index contributed by atoms with van der Waals surface area (Å²) < 4.78 is 12.7. The number of rotatable bonds is 11.